The molecule has 6 nitrogen and oxygen atoms in total. The van der Waals surface area contributed by atoms with Crippen molar-refractivity contribution in [2.24, 2.45) is 15.7 Å². The van der Waals surface area contributed by atoms with Crippen molar-refractivity contribution >= 4 is 11.9 Å². The Balaban J connectivity index is 1.86. The minimum atomic E-state index is -0.0383. The third-order valence-corrected chi connectivity index (χ3v) is 2.13. The van der Waals surface area contributed by atoms with Crippen LogP contribution >= 0.6 is 0 Å². The quantitative estimate of drug-likeness (QED) is 0.672. The summed E-state index contributed by atoms with van der Waals surface area (Å²) in [7, 11) is 0. The normalized spacial score (nSPS) is 22.4. The SMILES string of the molecule is C[C@H]1N=C(N)NC(=NCCc2ccco2)N1. The zero-order chi connectivity index (χ0) is 11.4. The Kier molecular flexibility index (Phi) is 3.09. The Morgan fingerprint density at radius 2 is 2.50 bits per heavy atom. The van der Waals surface area contributed by atoms with E-state index in [1.165, 1.54) is 0 Å². The van der Waals surface area contributed by atoms with Crippen LogP contribution in [0.3, 0.4) is 0 Å². The number of aliphatic imine (C=N–C) groups is 2. The first-order chi connectivity index (χ1) is 7.74. The molecule has 1 atom stereocenters. The lowest BCUT2D eigenvalue weighted by Crippen LogP contribution is -2.52. The number of guanidine groups is 2. The van der Waals surface area contributed by atoms with Crippen LogP contribution in [-0.4, -0.2) is 24.6 Å². The number of furan rings is 1. The summed E-state index contributed by atoms with van der Waals surface area (Å²) in [5, 5.41) is 5.93. The van der Waals surface area contributed by atoms with Gasteiger partial charge in [-0.05, 0) is 19.1 Å². The summed E-state index contributed by atoms with van der Waals surface area (Å²) in [4.78, 5) is 8.40. The standard InChI is InChI=1S/C10H15N5O/c1-7-13-9(11)15-10(14-7)12-5-4-8-3-2-6-16-8/h2-3,6-7H,4-5H2,1H3,(H4,11,12,13,14,15)/t7-/m0/s1. The van der Waals surface area contributed by atoms with Gasteiger partial charge in [-0.25, -0.2) is 4.99 Å². The zero-order valence-corrected chi connectivity index (χ0v) is 9.10. The molecular weight excluding hydrogens is 206 g/mol. The monoisotopic (exact) mass is 221 g/mol. The Morgan fingerprint density at radius 1 is 1.62 bits per heavy atom. The van der Waals surface area contributed by atoms with E-state index in [2.05, 4.69) is 20.6 Å². The van der Waals surface area contributed by atoms with Gasteiger partial charge in [0.1, 0.15) is 11.9 Å². The second-order valence-corrected chi connectivity index (χ2v) is 3.52. The van der Waals surface area contributed by atoms with Crippen molar-refractivity contribution in [3.8, 4) is 0 Å². The van der Waals surface area contributed by atoms with Crippen molar-refractivity contribution in [2.45, 2.75) is 19.5 Å². The third kappa shape index (κ3) is 2.75. The lowest BCUT2D eigenvalue weighted by molar-refractivity contribution is 0.510. The molecule has 86 valence electrons. The molecule has 0 aromatic carbocycles. The number of hydrogen-bond acceptors (Lipinski definition) is 4. The number of nitrogens with two attached hydrogens (primary N) is 1. The molecule has 6 heteroatoms. The van der Waals surface area contributed by atoms with E-state index in [4.69, 9.17) is 10.2 Å². The molecular formula is C10H15N5O. The fourth-order valence-electron chi connectivity index (χ4n) is 1.45. The van der Waals surface area contributed by atoms with E-state index >= 15 is 0 Å². The summed E-state index contributed by atoms with van der Waals surface area (Å²) in [5.41, 5.74) is 5.58. The molecule has 1 aliphatic rings. The largest absolute Gasteiger partial charge is 0.469 e. The van der Waals surface area contributed by atoms with E-state index in [1.807, 2.05) is 19.1 Å². The Bertz CT molecular complexity index is 395. The van der Waals surface area contributed by atoms with Gasteiger partial charge in [0, 0.05) is 13.0 Å². The number of hydrogen-bond donors (Lipinski definition) is 3. The molecule has 0 aliphatic carbocycles. The molecule has 1 aromatic rings. The smallest absolute Gasteiger partial charge is 0.199 e. The van der Waals surface area contributed by atoms with Gasteiger partial charge in [0.15, 0.2) is 11.9 Å². The van der Waals surface area contributed by atoms with Crippen molar-refractivity contribution in [1.29, 1.82) is 0 Å². The minimum absolute atomic E-state index is 0.0383. The Morgan fingerprint density at radius 3 is 3.19 bits per heavy atom. The predicted molar refractivity (Wildman–Crippen MR) is 62.1 cm³/mol. The first kappa shape index (κ1) is 10.5. The predicted octanol–water partition coefficient (Wildman–Crippen LogP) is 0.0316. The van der Waals surface area contributed by atoms with Crippen LogP contribution in [0, 0.1) is 0 Å². The molecule has 2 rings (SSSR count). The van der Waals surface area contributed by atoms with Crippen molar-refractivity contribution < 1.29 is 4.42 Å². The average molecular weight is 221 g/mol. The topological polar surface area (TPSA) is 87.9 Å². The number of nitrogens with zero attached hydrogens (tertiary/aromatic N) is 2. The molecule has 0 radical (unpaired) electrons. The third-order valence-electron chi connectivity index (χ3n) is 2.13. The minimum Gasteiger partial charge on any atom is -0.469 e. The van der Waals surface area contributed by atoms with E-state index in [-0.39, 0.29) is 6.17 Å². The van der Waals surface area contributed by atoms with Gasteiger partial charge in [-0.15, -0.1) is 0 Å². The van der Waals surface area contributed by atoms with E-state index in [0.29, 0.717) is 18.5 Å². The fraction of sp³-hybridized carbons (Fsp3) is 0.400. The van der Waals surface area contributed by atoms with E-state index in [1.54, 1.807) is 6.26 Å². The van der Waals surface area contributed by atoms with Crippen LogP contribution in [0.4, 0.5) is 0 Å². The summed E-state index contributed by atoms with van der Waals surface area (Å²) < 4.78 is 5.21. The highest BCUT2D eigenvalue weighted by Crippen LogP contribution is 2.00. The maximum absolute atomic E-state index is 5.58. The van der Waals surface area contributed by atoms with Gasteiger partial charge in [0.25, 0.3) is 0 Å². The van der Waals surface area contributed by atoms with Crippen LogP contribution in [0.1, 0.15) is 12.7 Å². The Labute approximate surface area is 93.6 Å². The Hall–Kier alpha value is -1.98. The van der Waals surface area contributed by atoms with Crippen molar-refractivity contribution in [2.75, 3.05) is 6.54 Å². The second kappa shape index (κ2) is 4.69. The first-order valence-electron chi connectivity index (χ1n) is 5.18. The van der Waals surface area contributed by atoms with Crippen molar-refractivity contribution in [3.05, 3.63) is 24.2 Å². The summed E-state index contributed by atoms with van der Waals surface area (Å²) in [6.07, 6.45) is 2.39. The molecule has 1 aromatic heterocycles. The van der Waals surface area contributed by atoms with Gasteiger partial charge >= 0.3 is 0 Å². The maximum atomic E-state index is 5.58. The molecule has 0 saturated heterocycles. The van der Waals surface area contributed by atoms with Gasteiger partial charge in [-0.2, -0.15) is 0 Å². The molecule has 0 fully saturated rings. The van der Waals surface area contributed by atoms with E-state index in [0.717, 1.165) is 12.2 Å². The van der Waals surface area contributed by atoms with E-state index < -0.39 is 0 Å². The summed E-state index contributed by atoms with van der Waals surface area (Å²) >= 11 is 0. The molecule has 16 heavy (non-hydrogen) atoms. The molecule has 0 bridgehead atoms. The number of rotatable bonds is 3. The summed E-state index contributed by atoms with van der Waals surface area (Å²) in [6.45, 7) is 2.55. The molecule has 1 aliphatic heterocycles. The first-order valence-corrected chi connectivity index (χ1v) is 5.18. The maximum Gasteiger partial charge on any atom is 0.199 e. The van der Waals surface area contributed by atoms with Crippen LogP contribution in [0.5, 0.6) is 0 Å². The van der Waals surface area contributed by atoms with Gasteiger partial charge in [0.2, 0.25) is 0 Å². The van der Waals surface area contributed by atoms with Crippen LogP contribution in [0.15, 0.2) is 32.8 Å². The van der Waals surface area contributed by atoms with Crippen molar-refractivity contribution in [3.63, 3.8) is 0 Å². The van der Waals surface area contributed by atoms with Crippen LogP contribution in [0.25, 0.3) is 0 Å². The van der Waals surface area contributed by atoms with Gasteiger partial charge in [-0.1, -0.05) is 0 Å². The summed E-state index contributed by atoms with van der Waals surface area (Å²) in [6, 6.07) is 3.80. The highest BCUT2D eigenvalue weighted by atomic mass is 16.3. The summed E-state index contributed by atoms with van der Waals surface area (Å²) in [5.74, 6) is 1.98. The highest BCUT2D eigenvalue weighted by molar-refractivity contribution is 5.99. The molecule has 0 amide bonds. The second-order valence-electron chi connectivity index (χ2n) is 3.52. The van der Waals surface area contributed by atoms with Crippen molar-refractivity contribution in [1.82, 2.24) is 10.6 Å². The molecule has 0 spiro atoms. The van der Waals surface area contributed by atoms with Crippen LogP contribution < -0.4 is 16.4 Å². The van der Waals surface area contributed by atoms with Crippen LogP contribution in [-0.2, 0) is 6.42 Å². The molecule has 0 saturated carbocycles. The fourth-order valence-corrected chi connectivity index (χ4v) is 1.45. The zero-order valence-electron chi connectivity index (χ0n) is 9.10. The number of nitrogens with one attached hydrogen (secondary N) is 2. The molecule has 2 heterocycles. The van der Waals surface area contributed by atoms with E-state index in [9.17, 15) is 0 Å². The van der Waals surface area contributed by atoms with Gasteiger partial charge in [0.05, 0.1) is 6.26 Å². The van der Waals surface area contributed by atoms with Crippen LogP contribution in [0.2, 0.25) is 0 Å². The van der Waals surface area contributed by atoms with Gasteiger partial charge in [-0.3, -0.25) is 10.3 Å². The lowest BCUT2D eigenvalue weighted by Gasteiger charge is -2.20. The highest BCUT2D eigenvalue weighted by Gasteiger charge is 2.11. The van der Waals surface area contributed by atoms with Gasteiger partial charge < -0.3 is 15.5 Å². The average Bonchev–Trinajstić information content (AvgIpc) is 2.69. The molecule has 4 N–H and O–H groups in total. The molecule has 0 unspecified atom stereocenters. The lowest BCUT2D eigenvalue weighted by atomic mass is 10.3.